The maximum atomic E-state index is 12.5. The second kappa shape index (κ2) is 5.85. The largest absolute Gasteiger partial charge is 0.358 e. The monoisotopic (exact) mass is 301 g/mol. The van der Waals surface area contributed by atoms with Crippen LogP contribution in [0, 0.1) is 6.92 Å². The fourth-order valence-corrected chi connectivity index (χ4v) is 3.25. The van der Waals surface area contributed by atoms with Crippen molar-refractivity contribution in [2.45, 2.75) is 19.9 Å². The molecule has 0 radical (unpaired) electrons. The quantitative estimate of drug-likeness (QED) is 0.855. The Bertz CT molecular complexity index is 639. The third kappa shape index (κ3) is 3.08. The van der Waals surface area contributed by atoms with Gasteiger partial charge in [-0.05, 0) is 35.4 Å². The van der Waals surface area contributed by atoms with Crippen LogP contribution in [0.3, 0.4) is 0 Å². The van der Waals surface area contributed by atoms with E-state index in [1.54, 1.807) is 11.3 Å². The van der Waals surface area contributed by atoms with Gasteiger partial charge in [0.1, 0.15) is 5.82 Å². The summed E-state index contributed by atoms with van der Waals surface area (Å²) in [6.45, 7) is 4.21. The number of thiophene rings is 1. The van der Waals surface area contributed by atoms with Crippen LogP contribution in [-0.4, -0.2) is 35.9 Å². The van der Waals surface area contributed by atoms with Gasteiger partial charge in [0.2, 0.25) is 5.91 Å². The molecule has 0 fully saturated rings. The van der Waals surface area contributed by atoms with Crippen LogP contribution in [0.4, 0.5) is 5.82 Å². The number of fused-ring (bicyclic) bond motifs is 1. The van der Waals surface area contributed by atoms with E-state index in [0.29, 0.717) is 13.0 Å². The van der Waals surface area contributed by atoms with Gasteiger partial charge in [-0.15, -0.1) is 0 Å². The van der Waals surface area contributed by atoms with Gasteiger partial charge < -0.3 is 9.80 Å². The zero-order chi connectivity index (χ0) is 14.8. The molecule has 0 spiro atoms. The summed E-state index contributed by atoms with van der Waals surface area (Å²) < 4.78 is 0. The van der Waals surface area contributed by atoms with Gasteiger partial charge in [0.25, 0.3) is 0 Å². The Balaban J connectivity index is 1.79. The van der Waals surface area contributed by atoms with Crippen molar-refractivity contribution in [3.63, 3.8) is 0 Å². The summed E-state index contributed by atoms with van der Waals surface area (Å²) in [5.74, 6) is 1.19. The fraction of sp³-hybridized carbons (Fsp3) is 0.375. The molecule has 4 nitrogen and oxygen atoms in total. The van der Waals surface area contributed by atoms with Crippen molar-refractivity contribution in [3.05, 3.63) is 45.8 Å². The number of amides is 1. The third-order valence-corrected chi connectivity index (χ3v) is 4.54. The highest BCUT2D eigenvalue weighted by molar-refractivity contribution is 7.07. The molecule has 0 N–H and O–H groups in total. The van der Waals surface area contributed by atoms with Gasteiger partial charge in [-0.1, -0.05) is 6.07 Å². The summed E-state index contributed by atoms with van der Waals surface area (Å²) in [6, 6.07) is 6.12. The topological polar surface area (TPSA) is 36.4 Å². The molecule has 1 aliphatic rings. The molecule has 0 bridgehead atoms. The normalized spacial score (nSPS) is 14.8. The Morgan fingerprint density at radius 2 is 2.19 bits per heavy atom. The Labute approximate surface area is 129 Å². The zero-order valence-electron chi connectivity index (χ0n) is 12.4. The lowest BCUT2D eigenvalue weighted by atomic mass is 10.2. The number of pyridine rings is 1. The van der Waals surface area contributed by atoms with E-state index < -0.39 is 0 Å². The number of carbonyl (C=O) groups excluding carboxylic acids is 1. The van der Waals surface area contributed by atoms with Crippen LogP contribution in [0.25, 0.3) is 0 Å². The van der Waals surface area contributed by atoms with Crippen molar-refractivity contribution in [2.24, 2.45) is 0 Å². The first kappa shape index (κ1) is 14.1. The number of nitrogens with zero attached hydrogens (tertiary/aromatic N) is 3. The van der Waals surface area contributed by atoms with Gasteiger partial charge in [0.05, 0.1) is 6.42 Å². The molecule has 110 valence electrons. The molecular weight excluding hydrogens is 282 g/mol. The van der Waals surface area contributed by atoms with Gasteiger partial charge in [-0.25, -0.2) is 4.98 Å². The summed E-state index contributed by atoms with van der Waals surface area (Å²) in [7, 11) is 2.04. The predicted molar refractivity (Wildman–Crippen MR) is 85.7 cm³/mol. The van der Waals surface area contributed by atoms with E-state index in [9.17, 15) is 4.79 Å². The van der Waals surface area contributed by atoms with Gasteiger partial charge in [0, 0.05) is 37.9 Å². The molecule has 2 aromatic rings. The van der Waals surface area contributed by atoms with Crippen LogP contribution in [0.5, 0.6) is 0 Å². The molecule has 1 amide bonds. The van der Waals surface area contributed by atoms with Crippen molar-refractivity contribution < 1.29 is 4.79 Å². The summed E-state index contributed by atoms with van der Waals surface area (Å²) in [6.07, 6.45) is 0.488. The maximum Gasteiger partial charge on any atom is 0.227 e. The number of rotatable bonds is 2. The Kier molecular flexibility index (Phi) is 3.92. The minimum atomic E-state index is 0.190. The van der Waals surface area contributed by atoms with E-state index in [1.165, 1.54) is 0 Å². The average Bonchev–Trinajstić information content (AvgIpc) is 2.91. The fourth-order valence-electron chi connectivity index (χ4n) is 2.58. The number of carbonyl (C=O) groups is 1. The first-order valence-electron chi connectivity index (χ1n) is 7.10. The molecule has 3 rings (SSSR count). The lowest BCUT2D eigenvalue weighted by Gasteiger charge is -2.20. The SMILES string of the molecule is Cc1ccc2c(n1)N(C)CCN(C(=O)Cc1ccsc1)C2. The summed E-state index contributed by atoms with van der Waals surface area (Å²) in [4.78, 5) is 21.2. The molecule has 0 aromatic carbocycles. The van der Waals surface area contributed by atoms with E-state index in [4.69, 9.17) is 0 Å². The molecule has 3 heterocycles. The van der Waals surface area contributed by atoms with Gasteiger partial charge in [0.15, 0.2) is 0 Å². The van der Waals surface area contributed by atoms with Gasteiger partial charge >= 0.3 is 0 Å². The number of aryl methyl sites for hydroxylation is 1. The van der Waals surface area contributed by atoms with Crippen LogP contribution >= 0.6 is 11.3 Å². The van der Waals surface area contributed by atoms with Gasteiger partial charge in [-0.3, -0.25) is 4.79 Å². The minimum absolute atomic E-state index is 0.190. The highest BCUT2D eigenvalue weighted by Crippen LogP contribution is 2.22. The number of aromatic nitrogens is 1. The van der Waals surface area contributed by atoms with Crippen molar-refractivity contribution in [2.75, 3.05) is 25.0 Å². The maximum absolute atomic E-state index is 12.5. The average molecular weight is 301 g/mol. The van der Waals surface area contributed by atoms with Crippen molar-refractivity contribution >= 4 is 23.1 Å². The number of anilines is 1. The molecule has 0 aliphatic carbocycles. The van der Waals surface area contributed by atoms with E-state index in [2.05, 4.69) is 16.0 Å². The number of hydrogen-bond donors (Lipinski definition) is 0. The molecular formula is C16H19N3OS. The second-order valence-electron chi connectivity index (χ2n) is 5.48. The first-order chi connectivity index (χ1) is 10.1. The van der Waals surface area contributed by atoms with Crippen LogP contribution in [-0.2, 0) is 17.8 Å². The van der Waals surface area contributed by atoms with Crippen molar-refractivity contribution in [1.29, 1.82) is 0 Å². The molecule has 0 atom stereocenters. The summed E-state index contributed by atoms with van der Waals surface area (Å²) >= 11 is 1.63. The lowest BCUT2D eigenvalue weighted by molar-refractivity contribution is -0.130. The number of hydrogen-bond acceptors (Lipinski definition) is 4. The molecule has 1 aliphatic heterocycles. The first-order valence-corrected chi connectivity index (χ1v) is 8.04. The molecule has 0 saturated heterocycles. The van der Waals surface area contributed by atoms with E-state index >= 15 is 0 Å². The van der Waals surface area contributed by atoms with Crippen molar-refractivity contribution in [1.82, 2.24) is 9.88 Å². The summed E-state index contributed by atoms with van der Waals surface area (Å²) in [5, 5.41) is 4.06. The summed E-state index contributed by atoms with van der Waals surface area (Å²) in [5.41, 5.74) is 3.24. The number of likely N-dealkylation sites (N-methyl/N-ethyl adjacent to an activating group) is 1. The Morgan fingerprint density at radius 3 is 2.95 bits per heavy atom. The minimum Gasteiger partial charge on any atom is -0.358 e. The Morgan fingerprint density at radius 1 is 1.33 bits per heavy atom. The van der Waals surface area contributed by atoms with Crippen LogP contribution in [0.2, 0.25) is 0 Å². The van der Waals surface area contributed by atoms with Crippen molar-refractivity contribution in [3.8, 4) is 0 Å². The highest BCUT2D eigenvalue weighted by Gasteiger charge is 2.22. The second-order valence-corrected chi connectivity index (χ2v) is 6.26. The Hall–Kier alpha value is -1.88. The molecule has 5 heteroatoms. The lowest BCUT2D eigenvalue weighted by Crippen LogP contribution is -2.35. The van der Waals surface area contributed by atoms with Crippen LogP contribution < -0.4 is 4.90 Å². The third-order valence-electron chi connectivity index (χ3n) is 3.81. The smallest absolute Gasteiger partial charge is 0.227 e. The highest BCUT2D eigenvalue weighted by atomic mass is 32.1. The molecule has 0 unspecified atom stereocenters. The van der Waals surface area contributed by atoms with Crippen LogP contribution in [0.15, 0.2) is 29.0 Å². The zero-order valence-corrected chi connectivity index (χ0v) is 13.2. The van der Waals surface area contributed by atoms with E-state index in [-0.39, 0.29) is 5.91 Å². The van der Waals surface area contributed by atoms with E-state index in [1.807, 2.05) is 41.8 Å². The van der Waals surface area contributed by atoms with E-state index in [0.717, 1.165) is 35.7 Å². The molecule has 2 aromatic heterocycles. The molecule has 21 heavy (non-hydrogen) atoms. The predicted octanol–water partition coefficient (Wildman–Crippen LogP) is 2.47. The van der Waals surface area contributed by atoms with Crippen LogP contribution in [0.1, 0.15) is 16.8 Å². The molecule has 0 saturated carbocycles. The van der Waals surface area contributed by atoms with Gasteiger partial charge in [-0.2, -0.15) is 11.3 Å². The standard InChI is InChI=1S/C16H19N3OS/c1-12-3-4-14-10-19(7-6-18(2)16(14)17-12)15(20)9-13-5-8-21-11-13/h3-5,8,11H,6-7,9-10H2,1-2H3.